The second-order valence-electron chi connectivity index (χ2n) is 7.19. The van der Waals surface area contributed by atoms with Crippen LogP contribution in [0.5, 0.6) is 0 Å². The van der Waals surface area contributed by atoms with Gasteiger partial charge in [0.1, 0.15) is 0 Å². The molecule has 3 aromatic rings. The third-order valence-electron chi connectivity index (χ3n) is 4.92. The van der Waals surface area contributed by atoms with Gasteiger partial charge in [-0.05, 0) is 55.3 Å². The molecule has 158 valence electrons. The summed E-state index contributed by atoms with van der Waals surface area (Å²) in [4.78, 5) is 12.4. The molecule has 0 unspecified atom stereocenters. The Hall–Kier alpha value is -2.97. The summed E-state index contributed by atoms with van der Waals surface area (Å²) in [6.07, 6.45) is 2.43. The van der Waals surface area contributed by atoms with E-state index in [1.54, 1.807) is 22.9 Å². The molecule has 0 atom stereocenters. The van der Waals surface area contributed by atoms with Gasteiger partial charge in [-0.2, -0.15) is 9.40 Å². The Labute approximate surface area is 177 Å². The topological polar surface area (TPSA) is 84.3 Å². The fourth-order valence-electron chi connectivity index (χ4n) is 2.95. The zero-order valence-electron chi connectivity index (χ0n) is 17.4. The molecule has 1 N–H and O–H groups in total. The van der Waals surface area contributed by atoms with Crippen LogP contribution in [0.2, 0.25) is 0 Å². The zero-order chi connectivity index (χ0) is 21.7. The summed E-state index contributed by atoms with van der Waals surface area (Å²) in [5, 5.41) is 7.25. The minimum Gasteiger partial charge on any atom is -0.355 e. The average molecular weight is 427 g/mol. The van der Waals surface area contributed by atoms with E-state index in [-0.39, 0.29) is 17.3 Å². The van der Waals surface area contributed by atoms with E-state index >= 15 is 0 Å². The lowest BCUT2D eigenvalue weighted by atomic mass is 10.1. The molecule has 0 saturated carbocycles. The van der Waals surface area contributed by atoms with Crippen LogP contribution in [0.1, 0.15) is 16.8 Å². The molecule has 0 aliphatic heterocycles. The van der Waals surface area contributed by atoms with Crippen LogP contribution in [0, 0.1) is 13.8 Å². The smallest absolute Gasteiger partial charge is 0.243 e. The van der Waals surface area contributed by atoms with E-state index in [1.807, 2.05) is 56.4 Å². The first-order valence-corrected chi connectivity index (χ1v) is 11.1. The molecule has 0 saturated heterocycles. The number of benzene rings is 2. The van der Waals surface area contributed by atoms with Crippen molar-refractivity contribution in [2.24, 2.45) is 0 Å². The molecule has 1 amide bonds. The van der Waals surface area contributed by atoms with Gasteiger partial charge in [0.2, 0.25) is 15.9 Å². The fourth-order valence-corrected chi connectivity index (χ4v) is 4.16. The van der Waals surface area contributed by atoms with Gasteiger partial charge >= 0.3 is 0 Å². The number of nitrogens with zero attached hydrogens (tertiary/aromatic N) is 3. The molecule has 0 aliphatic carbocycles. The molecule has 8 heteroatoms. The molecule has 7 nitrogen and oxygen atoms in total. The molecule has 30 heavy (non-hydrogen) atoms. The molecule has 3 rings (SSSR count). The Morgan fingerprint density at radius 1 is 1.07 bits per heavy atom. The van der Waals surface area contributed by atoms with Crippen molar-refractivity contribution in [1.82, 2.24) is 19.4 Å². The molecule has 0 bridgehead atoms. The van der Waals surface area contributed by atoms with Crippen molar-refractivity contribution in [2.75, 3.05) is 20.1 Å². The summed E-state index contributed by atoms with van der Waals surface area (Å²) < 4.78 is 28.2. The van der Waals surface area contributed by atoms with Crippen LogP contribution < -0.4 is 5.32 Å². The van der Waals surface area contributed by atoms with Crippen molar-refractivity contribution in [3.63, 3.8) is 0 Å². The Balaban J connectivity index is 1.52. The van der Waals surface area contributed by atoms with Crippen molar-refractivity contribution < 1.29 is 13.2 Å². The molecular formula is C22H26N4O3S. The van der Waals surface area contributed by atoms with Crippen LogP contribution in [0.4, 0.5) is 0 Å². The summed E-state index contributed by atoms with van der Waals surface area (Å²) >= 11 is 0. The van der Waals surface area contributed by atoms with E-state index in [9.17, 15) is 13.2 Å². The van der Waals surface area contributed by atoms with E-state index in [0.29, 0.717) is 13.0 Å². The van der Waals surface area contributed by atoms with E-state index in [2.05, 4.69) is 10.4 Å². The maximum absolute atomic E-state index is 12.7. The fraction of sp³-hybridized carbons (Fsp3) is 0.273. The molecule has 1 aromatic heterocycles. The number of amides is 1. The van der Waals surface area contributed by atoms with Crippen LogP contribution in [-0.2, 0) is 21.2 Å². The molecular weight excluding hydrogens is 400 g/mol. The van der Waals surface area contributed by atoms with Crippen molar-refractivity contribution in [3.05, 3.63) is 77.6 Å². The van der Waals surface area contributed by atoms with Gasteiger partial charge in [-0.1, -0.05) is 24.3 Å². The number of rotatable bonds is 8. The highest BCUT2D eigenvalue weighted by molar-refractivity contribution is 7.89. The highest BCUT2D eigenvalue weighted by Gasteiger charge is 2.23. The number of aromatic nitrogens is 2. The van der Waals surface area contributed by atoms with Crippen LogP contribution >= 0.6 is 0 Å². The van der Waals surface area contributed by atoms with Crippen molar-refractivity contribution in [1.29, 1.82) is 0 Å². The summed E-state index contributed by atoms with van der Waals surface area (Å²) in [7, 11) is -2.31. The van der Waals surface area contributed by atoms with E-state index in [0.717, 1.165) is 26.8 Å². The van der Waals surface area contributed by atoms with Gasteiger partial charge in [0.25, 0.3) is 0 Å². The van der Waals surface area contributed by atoms with E-state index < -0.39 is 10.0 Å². The number of hydrogen-bond donors (Lipinski definition) is 1. The van der Waals surface area contributed by atoms with Crippen LogP contribution in [0.25, 0.3) is 5.69 Å². The minimum absolute atomic E-state index is 0.187. The molecule has 0 spiro atoms. The maximum Gasteiger partial charge on any atom is 0.243 e. The molecule has 1 heterocycles. The highest BCUT2D eigenvalue weighted by Crippen LogP contribution is 2.18. The minimum atomic E-state index is -3.72. The molecule has 0 radical (unpaired) electrons. The number of likely N-dealkylation sites (N-methyl/N-ethyl adjacent to an activating group) is 1. The number of sulfonamides is 1. The summed E-state index contributed by atoms with van der Waals surface area (Å²) in [6, 6.07) is 16.6. The van der Waals surface area contributed by atoms with Crippen LogP contribution in [0.3, 0.4) is 0 Å². The number of aryl methyl sites for hydroxylation is 2. The second-order valence-corrected chi connectivity index (χ2v) is 9.24. The monoisotopic (exact) mass is 426 g/mol. The third-order valence-corrected chi connectivity index (χ3v) is 6.72. The van der Waals surface area contributed by atoms with Gasteiger partial charge in [-0.25, -0.2) is 13.1 Å². The third kappa shape index (κ3) is 5.14. The van der Waals surface area contributed by atoms with Gasteiger partial charge < -0.3 is 5.32 Å². The van der Waals surface area contributed by atoms with Gasteiger partial charge in [0.15, 0.2) is 0 Å². The number of hydrogen-bond acceptors (Lipinski definition) is 4. The summed E-state index contributed by atoms with van der Waals surface area (Å²) in [6.45, 7) is 3.92. The van der Waals surface area contributed by atoms with E-state index in [1.165, 1.54) is 7.05 Å². The van der Waals surface area contributed by atoms with Gasteiger partial charge in [0, 0.05) is 26.2 Å². The first kappa shape index (κ1) is 21.7. The SMILES string of the molecule is Cc1ccc(S(=O)(=O)N(C)CC(=O)NCCc2ccn(-c3ccccc3)n2)cc1C. The predicted molar refractivity (Wildman–Crippen MR) is 116 cm³/mol. The quantitative estimate of drug-likeness (QED) is 0.600. The summed E-state index contributed by atoms with van der Waals surface area (Å²) in [5.41, 5.74) is 3.72. The Bertz CT molecular complexity index is 1120. The Morgan fingerprint density at radius 3 is 2.50 bits per heavy atom. The normalized spacial score (nSPS) is 11.6. The molecule has 0 aliphatic rings. The lowest BCUT2D eigenvalue weighted by Crippen LogP contribution is -2.39. The Kier molecular flexibility index (Phi) is 6.69. The standard InChI is InChI=1S/C22H26N4O3S/c1-17-9-10-21(15-18(17)2)30(28,29)25(3)16-22(27)23-13-11-19-12-14-26(24-19)20-7-5-4-6-8-20/h4-10,12,14-15H,11,13,16H2,1-3H3,(H,23,27). The number of nitrogens with one attached hydrogen (secondary N) is 1. The average Bonchev–Trinajstić information content (AvgIpc) is 3.19. The van der Waals surface area contributed by atoms with Crippen molar-refractivity contribution in [3.8, 4) is 5.69 Å². The lowest BCUT2D eigenvalue weighted by molar-refractivity contribution is -0.121. The van der Waals surface area contributed by atoms with Crippen molar-refractivity contribution >= 4 is 15.9 Å². The highest BCUT2D eigenvalue weighted by atomic mass is 32.2. The van der Waals surface area contributed by atoms with E-state index in [4.69, 9.17) is 0 Å². The maximum atomic E-state index is 12.7. The lowest BCUT2D eigenvalue weighted by Gasteiger charge is -2.17. The number of para-hydroxylation sites is 1. The van der Waals surface area contributed by atoms with Crippen molar-refractivity contribution in [2.45, 2.75) is 25.2 Å². The second kappa shape index (κ2) is 9.23. The van der Waals surface area contributed by atoms with Crippen LogP contribution in [0.15, 0.2) is 65.7 Å². The predicted octanol–water partition coefficient (Wildman–Crippen LogP) is 2.47. The number of carbonyl (C=O) groups is 1. The van der Waals surface area contributed by atoms with Gasteiger partial charge in [-0.3, -0.25) is 4.79 Å². The van der Waals surface area contributed by atoms with Gasteiger partial charge in [0.05, 0.1) is 22.8 Å². The molecule has 2 aromatic carbocycles. The largest absolute Gasteiger partial charge is 0.355 e. The first-order valence-electron chi connectivity index (χ1n) is 9.67. The summed E-state index contributed by atoms with van der Waals surface area (Å²) in [5.74, 6) is -0.354. The molecule has 0 fully saturated rings. The number of carbonyl (C=O) groups excluding carboxylic acids is 1. The zero-order valence-corrected chi connectivity index (χ0v) is 18.2. The van der Waals surface area contributed by atoms with Crippen LogP contribution in [-0.4, -0.2) is 48.5 Å². The Morgan fingerprint density at radius 2 is 1.80 bits per heavy atom. The van der Waals surface area contributed by atoms with Gasteiger partial charge in [-0.15, -0.1) is 0 Å². The first-order chi connectivity index (χ1) is 14.3.